The highest BCUT2D eigenvalue weighted by molar-refractivity contribution is 5.80. The minimum atomic E-state index is -4.37. The fourth-order valence-electron chi connectivity index (χ4n) is 1.98. The van der Waals surface area contributed by atoms with Gasteiger partial charge in [0.1, 0.15) is 5.75 Å². The average molecular weight is 308 g/mol. The molecule has 4 nitrogen and oxygen atoms in total. The van der Waals surface area contributed by atoms with Crippen molar-refractivity contribution in [1.29, 1.82) is 0 Å². The molecule has 0 saturated carbocycles. The largest absolute Gasteiger partial charge is 0.455 e. The van der Waals surface area contributed by atoms with E-state index >= 15 is 0 Å². The summed E-state index contributed by atoms with van der Waals surface area (Å²) in [4.78, 5) is 4.19. The van der Waals surface area contributed by atoms with Gasteiger partial charge in [-0.25, -0.2) is 4.98 Å². The summed E-state index contributed by atoms with van der Waals surface area (Å²) in [5, 5.41) is 0. The molecule has 1 aromatic heterocycles. The van der Waals surface area contributed by atoms with Crippen LogP contribution < -0.4 is 10.5 Å². The van der Waals surface area contributed by atoms with Gasteiger partial charge >= 0.3 is 6.18 Å². The highest BCUT2D eigenvalue weighted by Gasteiger charge is 2.30. The highest BCUT2D eigenvalue weighted by Crippen LogP contribution is 2.33. The summed E-state index contributed by atoms with van der Waals surface area (Å²) in [5.74, 6) is 1.02. The molecule has 3 rings (SSSR count). The van der Waals surface area contributed by atoms with Crippen LogP contribution in [0.4, 0.5) is 13.2 Å². The molecule has 7 heteroatoms. The zero-order valence-electron chi connectivity index (χ0n) is 11.2. The molecule has 2 aromatic carbocycles. The summed E-state index contributed by atoms with van der Waals surface area (Å²) < 4.78 is 48.5. The minimum absolute atomic E-state index is 0.147. The van der Waals surface area contributed by atoms with E-state index in [1.165, 1.54) is 12.1 Å². The Kier molecular flexibility index (Phi) is 3.50. The lowest BCUT2D eigenvalue weighted by molar-refractivity contribution is -0.137. The predicted octanol–water partition coefficient (Wildman–Crippen LogP) is 4.10. The zero-order valence-corrected chi connectivity index (χ0v) is 11.2. The molecule has 3 aromatic rings. The Hall–Kier alpha value is -2.54. The van der Waals surface area contributed by atoms with Crippen LogP contribution in [0.3, 0.4) is 0 Å². The van der Waals surface area contributed by atoms with Gasteiger partial charge in [0.15, 0.2) is 16.8 Å². The molecule has 0 bridgehead atoms. The standard InChI is InChI=1S/C15H11F3N2O2/c16-15(17,18)9-4-6-10(7-5-9)21-11-2-1-3-12-14(11)20-13(8-19)22-12/h1-7H,8,19H2. The first kappa shape index (κ1) is 14.4. The molecular formula is C15H11F3N2O2. The fraction of sp³-hybridized carbons (Fsp3) is 0.133. The zero-order chi connectivity index (χ0) is 15.7. The van der Waals surface area contributed by atoms with Crippen molar-refractivity contribution >= 4 is 11.1 Å². The Balaban J connectivity index is 1.91. The maximum Gasteiger partial charge on any atom is 0.416 e. The van der Waals surface area contributed by atoms with E-state index in [2.05, 4.69) is 4.98 Å². The summed E-state index contributed by atoms with van der Waals surface area (Å²) in [6.45, 7) is 0.147. The monoisotopic (exact) mass is 308 g/mol. The smallest absolute Gasteiger partial charge is 0.416 e. The number of oxazole rings is 1. The molecule has 22 heavy (non-hydrogen) atoms. The van der Waals surface area contributed by atoms with Gasteiger partial charge in [-0.15, -0.1) is 0 Å². The van der Waals surface area contributed by atoms with Gasteiger partial charge in [0.25, 0.3) is 0 Å². The third kappa shape index (κ3) is 2.75. The number of benzene rings is 2. The van der Waals surface area contributed by atoms with Crippen molar-refractivity contribution in [3.8, 4) is 11.5 Å². The summed E-state index contributed by atoms with van der Waals surface area (Å²) in [6, 6.07) is 9.50. The molecule has 0 aliphatic carbocycles. The summed E-state index contributed by atoms with van der Waals surface area (Å²) in [7, 11) is 0. The molecule has 0 fully saturated rings. The third-order valence-corrected chi connectivity index (χ3v) is 3.01. The van der Waals surface area contributed by atoms with E-state index in [4.69, 9.17) is 14.9 Å². The van der Waals surface area contributed by atoms with Crippen LogP contribution in [0.5, 0.6) is 11.5 Å². The van der Waals surface area contributed by atoms with Crippen molar-refractivity contribution in [3.63, 3.8) is 0 Å². The van der Waals surface area contributed by atoms with Gasteiger partial charge in [0, 0.05) is 0 Å². The SMILES string of the molecule is NCc1nc2c(Oc3ccc(C(F)(F)F)cc3)cccc2o1. The van der Waals surface area contributed by atoms with Crippen LogP contribution in [0.1, 0.15) is 11.5 Å². The second kappa shape index (κ2) is 5.34. The Morgan fingerprint density at radius 3 is 2.45 bits per heavy atom. The molecule has 2 N–H and O–H groups in total. The predicted molar refractivity (Wildman–Crippen MR) is 73.4 cm³/mol. The van der Waals surface area contributed by atoms with Gasteiger partial charge < -0.3 is 14.9 Å². The van der Waals surface area contributed by atoms with E-state index in [0.717, 1.165) is 12.1 Å². The lowest BCUT2D eigenvalue weighted by Crippen LogP contribution is -2.04. The van der Waals surface area contributed by atoms with E-state index in [9.17, 15) is 13.2 Å². The molecular weight excluding hydrogens is 297 g/mol. The van der Waals surface area contributed by atoms with Crippen LogP contribution in [0.25, 0.3) is 11.1 Å². The van der Waals surface area contributed by atoms with Crippen molar-refractivity contribution in [2.45, 2.75) is 12.7 Å². The van der Waals surface area contributed by atoms with Crippen LogP contribution in [-0.2, 0) is 12.7 Å². The molecule has 0 aliphatic rings. The lowest BCUT2D eigenvalue weighted by Gasteiger charge is -2.09. The van der Waals surface area contributed by atoms with Gasteiger partial charge in [-0.3, -0.25) is 0 Å². The second-order valence-electron chi connectivity index (χ2n) is 4.54. The van der Waals surface area contributed by atoms with Gasteiger partial charge in [-0.05, 0) is 36.4 Å². The Labute approximate surface area is 123 Å². The summed E-state index contributed by atoms with van der Waals surface area (Å²) in [6.07, 6.45) is -4.37. The lowest BCUT2D eigenvalue weighted by atomic mass is 10.2. The number of aromatic nitrogens is 1. The number of nitrogens with two attached hydrogens (primary N) is 1. The Bertz CT molecular complexity index is 795. The fourth-order valence-corrected chi connectivity index (χ4v) is 1.98. The average Bonchev–Trinajstić information content (AvgIpc) is 2.91. The van der Waals surface area contributed by atoms with E-state index in [-0.39, 0.29) is 12.3 Å². The number of alkyl halides is 3. The first-order valence-electron chi connectivity index (χ1n) is 6.41. The number of para-hydroxylation sites is 1. The van der Waals surface area contributed by atoms with Crippen LogP contribution in [0.15, 0.2) is 46.9 Å². The van der Waals surface area contributed by atoms with Crippen LogP contribution in [-0.4, -0.2) is 4.98 Å². The molecule has 1 heterocycles. The number of hydrogen-bond donors (Lipinski definition) is 1. The summed E-state index contributed by atoms with van der Waals surface area (Å²) >= 11 is 0. The minimum Gasteiger partial charge on any atom is -0.455 e. The molecule has 114 valence electrons. The van der Waals surface area contributed by atoms with E-state index in [0.29, 0.717) is 22.7 Å². The van der Waals surface area contributed by atoms with Crippen molar-refractivity contribution < 1.29 is 22.3 Å². The second-order valence-corrected chi connectivity index (χ2v) is 4.54. The van der Waals surface area contributed by atoms with Crippen LogP contribution >= 0.6 is 0 Å². The third-order valence-electron chi connectivity index (χ3n) is 3.01. The first-order chi connectivity index (χ1) is 10.5. The maximum atomic E-state index is 12.5. The first-order valence-corrected chi connectivity index (χ1v) is 6.41. The van der Waals surface area contributed by atoms with Gasteiger partial charge in [0.05, 0.1) is 12.1 Å². The number of hydrogen-bond acceptors (Lipinski definition) is 4. The molecule has 0 radical (unpaired) electrons. The van der Waals surface area contributed by atoms with Gasteiger partial charge in [0.2, 0.25) is 5.89 Å². The molecule has 0 unspecified atom stereocenters. The van der Waals surface area contributed by atoms with E-state index in [1.54, 1.807) is 18.2 Å². The molecule has 0 atom stereocenters. The number of fused-ring (bicyclic) bond motifs is 1. The number of nitrogens with zero attached hydrogens (tertiary/aromatic N) is 1. The summed E-state index contributed by atoms with van der Waals surface area (Å²) in [5.41, 5.74) is 5.72. The molecule has 0 spiro atoms. The topological polar surface area (TPSA) is 61.3 Å². The normalized spacial score (nSPS) is 11.8. The van der Waals surface area contributed by atoms with E-state index in [1.807, 2.05) is 0 Å². The van der Waals surface area contributed by atoms with Gasteiger partial charge in [-0.2, -0.15) is 13.2 Å². The molecule has 0 aliphatic heterocycles. The quantitative estimate of drug-likeness (QED) is 0.791. The Morgan fingerprint density at radius 2 is 1.82 bits per heavy atom. The van der Waals surface area contributed by atoms with Crippen molar-refractivity contribution in [2.75, 3.05) is 0 Å². The number of rotatable bonds is 3. The van der Waals surface area contributed by atoms with Crippen molar-refractivity contribution in [1.82, 2.24) is 4.98 Å². The van der Waals surface area contributed by atoms with Crippen molar-refractivity contribution in [2.24, 2.45) is 5.73 Å². The molecule has 0 amide bonds. The van der Waals surface area contributed by atoms with Crippen LogP contribution in [0, 0.1) is 0 Å². The number of halogens is 3. The van der Waals surface area contributed by atoms with Crippen molar-refractivity contribution in [3.05, 3.63) is 53.9 Å². The number of ether oxygens (including phenoxy) is 1. The van der Waals surface area contributed by atoms with E-state index < -0.39 is 11.7 Å². The maximum absolute atomic E-state index is 12.5. The van der Waals surface area contributed by atoms with Crippen LogP contribution in [0.2, 0.25) is 0 Å². The highest BCUT2D eigenvalue weighted by atomic mass is 19.4. The Morgan fingerprint density at radius 1 is 1.09 bits per heavy atom. The molecule has 0 saturated heterocycles. The van der Waals surface area contributed by atoms with Gasteiger partial charge in [-0.1, -0.05) is 6.07 Å².